The second-order valence-corrected chi connectivity index (χ2v) is 16.0. The number of carbonyl (C=O) groups excluding carboxylic acids is 4. The lowest BCUT2D eigenvalue weighted by molar-refractivity contribution is 0.0719. The first-order valence-corrected chi connectivity index (χ1v) is 22.8. The number of fused-ring (bicyclic) bond motifs is 1. The van der Waals surface area contributed by atoms with Crippen molar-refractivity contribution in [2.24, 2.45) is 0 Å². The number of ether oxygens (including phenoxy) is 6. The van der Waals surface area contributed by atoms with Gasteiger partial charge < -0.3 is 28.4 Å². The van der Waals surface area contributed by atoms with E-state index < -0.39 is 23.9 Å². The highest BCUT2D eigenvalue weighted by Crippen LogP contribution is 2.30. The van der Waals surface area contributed by atoms with Crippen molar-refractivity contribution in [3.05, 3.63) is 155 Å². The number of aryl methyl sites for hydroxylation is 1. The van der Waals surface area contributed by atoms with E-state index in [9.17, 15) is 19.2 Å². The summed E-state index contributed by atoms with van der Waals surface area (Å²) >= 11 is 0. The molecule has 338 valence electrons. The number of benzene rings is 6. The van der Waals surface area contributed by atoms with Crippen LogP contribution in [0.1, 0.15) is 138 Å². The average Bonchev–Trinajstić information content (AvgIpc) is 3.33. The number of carbonyl (C=O) groups is 4. The lowest BCUT2D eigenvalue weighted by Gasteiger charge is -2.12. The van der Waals surface area contributed by atoms with E-state index in [1.54, 1.807) is 110 Å². The normalized spacial score (nSPS) is 10.9. The Morgan fingerprint density at radius 3 is 1.15 bits per heavy atom. The Bertz CT molecular complexity index is 2470. The van der Waals surface area contributed by atoms with Crippen LogP contribution in [-0.2, 0) is 0 Å². The average molecular weight is 879 g/mol. The minimum atomic E-state index is -0.604. The molecule has 6 aromatic carbocycles. The summed E-state index contributed by atoms with van der Waals surface area (Å²) in [5, 5.41) is 1.53. The van der Waals surface area contributed by atoms with Crippen LogP contribution in [0.15, 0.2) is 127 Å². The van der Waals surface area contributed by atoms with Crippen molar-refractivity contribution in [1.82, 2.24) is 0 Å². The Balaban J connectivity index is 0.967. The Hall–Kier alpha value is -6.94. The molecular weight excluding hydrogens is 821 g/mol. The maximum Gasteiger partial charge on any atom is 0.343 e. The predicted octanol–water partition coefficient (Wildman–Crippen LogP) is 13.5. The predicted molar refractivity (Wildman–Crippen MR) is 252 cm³/mol. The topological polar surface area (TPSA) is 124 Å². The van der Waals surface area contributed by atoms with E-state index in [4.69, 9.17) is 28.4 Å². The molecule has 0 unspecified atom stereocenters. The maximum absolute atomic E-state index is 13.3. The fourth-order valence-corrected chi connectivity index (χ4v) is 7.10. The largest absolute Gasteiger partial charge is 0.494 e. The molecule has 0 aliphatic heterocycles. The molecular formula is C55H58O10. The van der Waals surface area contributed by atoms with Crippen molar-refractivity contribution in [2.75, 3.05) is 13.2 Å². The van der Waals surface area contributed by atoms with Crippen LogP contribution in [0.3, 0.4) is 0 Å². The molecule has 0 N–H and O–H groups in total. The van der Waals surface area contributed by atoms with Gasteiger partial charge in [-0.05, 0) is 151 Å². The van der Waals surface area contributed by atoms with E-state index in [-0.39, 0.29) is 22.6 Å². The van der Waals surface area contributed by atoms with Crippen molar-refractivity contribution >= 4 is 34.6 Å². The summed E-state index contributed by atoms with van der Waals surface area (Å²) in [5.74, 6) is 0.307. The Kier molecular flexibility index (Phi) is 18.1. The van der Waals surface area contributed by atoms with Gasteiger partial charge in [0.1, 0.15) is 34.5 Å². The van der Waals surface area contributed by atoms with Crippen LogP contribution < -0.4 is 28.4 Å². The fourth-order valence-electron chi connectivity index (χ4n) is 7.10. The van der Waals surface area contributed by atoms with Gasteiger partial charge >= 0.3 is 23.9 Å². The summed E-state index contributed by atoms with van der Waals surface area (Å²) < 4.78 is 34.1. The summed E-state index contributed by atoms with van der Waals surface area (Å²) in [7, 11) is 0. The van der Waals surface area contributed by atoms with Crippen molar-refractivity contribution < 1.29 is 47.6 Å². The Morgan fingerprint density at radius 2 is 0.708 bits per heavy atom. The summed E-state index contributed by atoms with van der Waals surface area (Å²) in [4.78, 5) is 52.1. The zero-order valence-electron chi connectivity index (χ0n) is 37.6. The van der Waals surface area contributed by atoms with Crippen molar-refractivity contribution in [2.45, 2.75) is 97.8 Å². The zero-order chi connectivity index (χ0) is 45.8. The SMILES string of the molecule is CCCCCCCCOc1ccc(C(=O)Oc2ccc(OC(=O)c3ccc4ccc(OC(=O)c5ccc(OC(=O)c6ccc(OCCCCCCCC)cc6)cc5)c(C)c4c3)cc2)cc1. The van der Waals surface area contributed by atoms with E-state index in [2.05, 4.69) is 13.8 Å². The van der Waals surface area contributed by atoms with E-state index in [1.807, 2.05) is 0 Å². The molecule has 10 heteroatoms. The molecule has 65 heavy (non-hydrogen) atoms. The number of esters is 4. The Morgan fingerprint density at radius 1 is 0.369 bits per heavy atom. The summed E-state index contributed by atoms with van der Waals surface area (Å²) in [5.41, 5.74) is 1.95. The summed E-state index contributed by atoms with van der Waals surface area (Å²) in [6, 6.07) is 34.7. The minimum absolute atomic E-state index is 0.257. The standard InChI is InChI=1S/C55H58O10/c1-4-6-8-10-12-14-36-60-45-25-18-41(19-26-45)52(56)62-47-29-22-43(23-30-47)54(58)65-51-35-24-40-16-17-44(38-50(40)39(51)3)55(59)64-49-33-31-48(32-34-49)63-53(57)42-20-27-46(28-21-42)61-37-15-13-11-9-7-5-2/h16-35,38H,4-15,36-37H2,1-3H3. The molecule has 0 atom stereocenters. The van der Waals surface area contributed by atoms with E-state index in [0.29, 0.717) is 58.3 Å². The first kappa shape index (κ1) is 47.5. The molecule has 6 rings (SSSR count). The van der Waals surface area contributed by atoms with Gasteiger partial charge in [-0.15, -0.1) is 0 Å². The molecule has 0 spiro atoms. The lowest BCUT2D eigenvalue weighted by Crippen LogP contribution is -2.11. The molecule has 0 saturated heterocycles. The van der Waals surface area contributed by atoms with Gasteiger partial charge in [-0.1, -0.05) is 90.2 Å². The van der Waals surface area contributed by atoms with Crippen LogP contribution in [-0.4, -0.2) is 37.1 Å². The second-order valence-electron chi connectivity index (χ2n) is 16.0. The molecule has 0 aromatic heterocycles. The number of rotatable bonds is 24. The van der Waals surface area contributed by atoms with Crippen LogP contribution in [0.5, 0.6) is 34.5 Å². The summed E-state index contributed by atoms with van der Waals surface area (Å²) in [6.07, 6.45) is 14.2. The lowest BCUT2D eigenvalue weighted by atomic mass is 10.0. The van der Waals surface area contributed by atoms with Crippen molar-refractivity contribution in [1.29, 1.82) is 0 Å². The van der Waals surface area contributed by atoms with Crippen LogP contribution >= 0.6 is 0 Å². The third-order valence-electron chi connectivity index (χ3n) is 10.9. The first-order chi connectivity index (χ1) is 31.7. The van der Waals surface area contributed by atoms with Crippen LogP contribution in [0.25, 0.3) is 10.8 Å². The monoisotopic (exact) mass is 878 g/mol. The third-order valence-corrected chi connectivity index (χ3v) is 10.9. The van der Waals surface area contributed by atoms with Crippen molar-refractivity contribution in [3.63, 3.8) is 0 Å². The smallest absolute Gasteiger partial charge is 0.343 e. The molecule has 0 radical (unpaired) electrons. The molecule has 6 aromatic rings. The molecule has 0 aliphatic carbocycles. The zero-order valence-corrected chi connectivity index (χ0v) is 37.6. The minimum Gasteiger partial charge on any atom is -0.494 e. The van der Waals surface area contributed by atoms with Crippen LogP contribution in [0.4, 0.5) is 0 Å². The van der Waals surface area contributed by atoms with E-state index in [0.717, 1.165) is 31.1 Å². The molecule has 0 heterocycles. The van der Waals surface area contributed by atoms with Gasteiger partial charge in [0, 0.05) is 0 Å². The van der Waals surface area contributed by atoms with Gasteiger partial charge in [-0.2, -0.15) is 0 Å². The van der Waals surface area contributed by atoms with Gasteiger partial charge in [0.05, 0.1) is 35.5 Å². The highest BCUT2D eigenvalue weighted by molar-refractivity contribution is 5.99. The molecule has 10 nitrogen and oxygen atoms in total. The van der Waals surface area contributed by atoms with Gasteiger partial charge in [0.2, 0.25) is 0 Å². The second kappa shape index (κ2) is 24.8. The highest BCUT2D eigenvalue weighted by Gasteiger charge is 2.17. The Labute approximate surface area is 381 Å². The number of unbranched alkanes of at least 4 members (excludes halogenated alkanes) is 10. The third kappa shape index (κ3) is 14.5. The first-order valence-electron chi connectivity index (χ1n) is 22.8. The van der Waals surface area contributed by atoms with Crippen molar-refractivity contribution in [3.8, 4) is 34.5 Å². The van der Waals surface area contributed by atoms with Crippen LogP contribution in [0, 0.1) is 6.92 Å². The summed E-state index contributed by atoms with van der Waals surface area (Å²) in [6.45, 7) is 7.48. The molecule has 0 fully saturated rings. The molecule has 0 bridgehead atoms. The molecule has 0 amide bonds. The van der Waals surface area contributed by atoms with Crippen LogP contribution in [0.2, 0.25) is 0 Å². The van der Waals surface area contributed by atoms with E-state index in [1.165, 1.54) is 75.6 Å². The van der Waals surface area contributed by atoms with E-state index >= 15 is 0 Å². The quantitative estimate of drug-likeness (QED) is 0.0330. The van der Waals surface area contributed by atoms with Gasteiger partial charge in [-0.3, -0.25) is 0 Å². The fraction of sp³-hybridized carbons (Fsp3) is 0.309. The van der Waals surface area contributed by atoms with Gasteiger partial charge in [0.15, 0.2) is 0 Å². The number of hydrogen-bond donors (Lipinski definition) is 0. The number of hydrogen-bond acceptors (Lipinski definition) is 10. The highest BCUT2D eigenvalue weighted by atomic mass is 16.5. The van der Waals surface area contributed by atoms with Gasteiger partial charge in [-0.25, -0.2) is 19.2 Å². The maximum atomic E-state index is 13.3. The molecule has 0 saturated carbocycles. The molecule has 0 aliphatic rings. The van der Waals surface area contributed by atoms with Gasteiger partial charge in [0.25, 0.3) is 0 Å².